The molecule has 0 fully saturated rings. The van der Waals surface area contributed by atoms with Gasteiger partial charge in [-0.25, -0.2) is 0 Å². The zero-order chi connectivity index (χ0) is 14.4. The highest BCUT2D eigenvalue weighted by atomic mass is 15.1. The number of H-pyrrole nitrogens is 1. The lowest BCUT2D eigenvalue weighted by molar-refractivity contribution is 0.573. The second-order valence-electron chi connectivity index (χ2n) is 5.47. The first-order valence-electron chi connectivity index (χ1n) is 7.51. The Morgan fingerprint density at radius 1 is 1.25 bits per heavy atom. The molecule has 0 spiro atoms. The molecule has 1 unspecified atom stereocenters. The van der Waals surface area contributed by atoms with Crippen LogP contribution in [0.1, 0.15) is 55.1 Å². The second-order valence-corrected chi connectivity index (χ2v) is 5.47. The van der Waals surface area contributed by atoms with Gasteiger partial charge in [-0.15, -0.1) is 0 Å². The van der Waals surface area contributed by atoms with E-state index < -0.39 is 0 Å². The third-order valence-electron chi connectivity index (χ3n) is 3.83. The standard InChI is InChI=1S/C17H25N3/c1-4-5-6-15-7-9-16(10-8-15)13(2)18-11-17-12-19-20-14(17)3/h7-10,12-13,18H,4-6,11H2,1-3H3,(H,19,20). The molecule has 1 aromatic carbocycles. The fourth-order valence-electron chi connectivity index (χ4n) is 2.29. The van der Waals surface area contributed by atoms with Crippen LogP contribution >= 0.6 is 0 Å². The van der Waals surface area contributed by atoms with E-state index >= 15 is 0 Å². The van der Waals surface area contributed by atoms with E-state index in [4.69, 9.17) is 0 Å². The number of aromatic amines is 1. The lowest BCUT2D eigenvalue weighted by Gasteiger charge is -2.14. The smallest absolute Gasteiger partial charge is 0.0535 e. The summed E-state index contributed by atoms with van der Waals surface area (Å²) in [5, 5.41) is 10.6. The van der Waals surface area contributed by atoms with Crippen molar-refractivity contribution in [1.82, 2.24) is 15.5 Å². The molecule has 2 aromatic rings. The molecule has 1 aromatic heterocycles. The maximum absolute atomic E-state index is 4.05. The van der Waals surface area contributed by atoms with Crippen LogP contribution in [0.25, 0.3) is 0 Å². The minimum atomic E-state index is 0.351. The van der Waals surface area contributed by atoms with Crippen LogP contribution in [0.4, 0.5) is 0 Å². The number of aromatic nitrogens is 2. The fourth-order valence-corrected chi connectivity index (χ4v) is 2.29. The van der Waals surface area contributed by atoms with Gasteiger partial charge in [0.2, 0.25) is 0 Å². The summed E-state index contributed by atoms with van der Waals surface area (Å²) in [6.45, 7) is 7.34. The van der Waals surface area contributed by atoms with E-state index in [-0.39, 0.29) is 0 Å². The minimum Gasteiger partial charge on any atom is -0.306 e. The van der Waals surface area contributed by atoms with Gasteiger partial charge in [0.1, 0.15) is 0 Å². The van der Waals surface area contributed by atoms with Crippen molar-refractivity contribution >= 4 is 0 Å². The number of nitrogens with zero attached hydrogens (tertiary/aromatic N) is 1. The zero-order valence-electron chi connectivity index (χ0n) is 12.7. The van der Waals surface area contributed by atoms with Crippen LogP contribution in [0, 0.1) is 6.92 Å². The highest BCUT2D eigenvalue weighted by molar-refractivity contribution is 5.25. The van der Waals surface area contributed by atoms with E-state index in [1.807, 2.05) is 6.20 Å². The summed E-state index contributed by atoms with van der Waals surface area (Å²) in [6, 6.07) is 9.35. The number of nitrogens with one attached hydrogen (secondary N) is 2. The number of hydrogen-bond donors (Lipinski definition) is 2. The second kappa shape index (κ2) is 7.25. The Morgan fingerprint density at radius 3 is 2.60 bits per heavy atom. The summed E-state index contributed by atoms with van der Waals surface area (Å²) in [4.78, 5) is 0. The average molecular weight is 271 g/mol. The van der Waals surface area contributed by atoms with Gasteiger partial charge in [0.15, 0.2) is 0 Å². The first kappa shape index (κ1) is 14.8. The Hall–Kier alpha value is -1.61. The van der Waals surface area contributed by atoms with Crippen LogP contribution in [0.2, 0.25) is 0 Å². The third kappa shape index (κ3) is 3.94. The van der Waals surface area contributed by atoms with Gasteiger partial charge >= 0.3 is 0 Å². The topological polar surface area (TPSA) is 40.7 Å². The molecule has 0 bridgehead atoms. The van der Waals surface area contributed by atoms with Crippen molar-refractivity contribution in [3.8, 4) is 0 Å². The van der Waals surface area contributed by atoms with Gasteiger partial charge in [-0.2, -0.15) is 5.10 Å². The molecular formula is C17H25N3. The summed E-state index contributed by atoms with van der Waals surface area (Å²) in [5.41, 5.74) is 5.15. The predicted molar refractivity (Wildman–Crippen MR) is 83.6 cm³/mol. The summed E-state index contributed by atoms with van der Waals surface area (Å²) in [6.07, 6.45) is 5.60. The molecule has 0 amide bonds. The molecule has 1 atom stereocenters. The van der Waals surface area contributed by atoms with Gasteiger partial charge in [-0.3, -0.25) is 5.10 Å². The average Bonchev–Trinajstić information content (AvgIpc) is 2.88. The van der Waals surface area contributed by atoms with Crippen molar-refractivity contribution < 1.29 is 0 Å². The van der Waals surface area contributed by atoms with Crippen molar-refractivity contribution in [3.63, 3.8) is 0 Å². The largest absolute Gasteiger partial charge is 0.306 e. The number of unbranched alkanes of at least 4 members (excludes halogenated alkanes) is 1. The van der Waals surface area contributed by atoms with Gasteiger partial charge in [-0.1, -0.05) is 37.6 Å². The monoisotopic (exact) mass is 271 g/mol. The number of benzene rings is 1. The maximum atomic E-state index is 4.05. The molecule has 0 aliphatic carbocycles. The molecule has 3 nitrogen and oxygen atoms in total. The van der Waals surface area contributed by atoms with Crippen molar-refractivity contribution in [2.24, 2.45) is 0 Å². The van der Waals surface area contributed by atoms with E-state index in [9.17, 15) is 0 Å². The van der Waals surface area contributed by atoms with Crippen LogP contribution in [-0.2, 0) is 13.0 Å². The normalized spacial score (nSPS) is 12.6. The lowest BCUT2D eigenvalue weighted by atomic mass is 10.0. The number of rotatable bonds is 7. The zero-order valence-corrected chi connectivity index (χ0v) is 12.7. The molecular weight excluding hydrogens is 246 g/mol. The molecule has 20 heavy (non-hydrogen) atoms. The molecule has 0 saturated carbocycles. The highest BCUT2D eigenvalue weighted by Crippen LogP contribution is 2.15. The van der Waals surface area contributed by atoms with Gasteiger partial charge in [-0.05, 0) is 37.8 Å². The third-order valence-corrected chi connectivity index (χ3v) is 3.83. The molecule has 0 aliphatic heterocycles. The van der Waals surface area contributed by atoms with E-state index in [0.29, 0.717) is 6.04 Å². The molecule has 0 aliphatic rings. The van der Waals surface area contributed by atoms with Gasteiger partial charge in [0, 0.05) is 23.8 Å². The predicted octanol–water partition coefficient (Wildman–Crippen LogP) is 3.91. The maximum Gasteiger partial charge on any atom is 0.0535 e. The molecule has 108 valence electrons. The van der Waals surface area contributed by atoms with Crippen molar-refractivity contribution in [2.45, 2.75) is 52.6 Å². The fraction of sp³-hybridized carbons (Fsp3) is 0.471. The van der Waals surface area contributed by atoms with Crippen molar-refractivity contribution in [3.05, 3.63) is 52.8 Å². The Morgan fingerprint density at radius 2 is 2.00 bits per heavy atom. The highest BCUT2D eigenvalue weighted by Gasteiger charge is 2.06. The van der Waals surface area contributed by atoms with E-state index in [2.05, 4.69) is 60.6 Å². The Balaban J connectivity index is 1.88. The van der Waals surface area contributed by atoms with E-state index in [0.717, 1.165) is 12.2 Å². The summed E-state index contributed by atoms with van der Waals surface area (Å²) < 4.78 is 0. The summed E-state index contributed by atoms with van der Waals surface area (Å²) >= 11 is 0. The quantitative estimate of drug-likeness (QED) is 0.801. The number of aryl methyl sites for hydroxylation is 2. The summed E-state index contributed by atoms with van der Waals surface area (Å²) in [7, 11) is 0. The molecule has 0 saturated heterocycles. The van der Waals surface area contributed by atoms with E-state index in [1.54, 1.807) is 0 Å². The van der Waals surface area contributed by atoms with Gasteiger partial charge in [0.05, 0.1) is 6.20 Å². The minimum absolute atomic E-state index is 0.351. The first-order valence-corrected chi connectivity index (χ1v) is 7.51. The molecule has 1 heterocycles. The Labute approximate surface area is 121 Å². The van der Waals surface area contributed by atoms with Crippen molar-refractivity contribution in [2.75, 3.05) is 0 Å². The summed E-state index contributed by atoms with van der Waals surface area (Å²) in [5.74, 6) is 0. The molecule has 3 heteroatoms. The van der Waals surface area contributed by atoms with Crippen LogP contribution in [0.15, 0.2) is 30.5 Å². The SMILES string of the molecule is CCCCc1ccc(C(C)NCc2cn[nH]c2C)cc1. The van der Waals surface area contributed by atoms with Gasteiger partial charge < -0.3 is 5.32 Å². The van der Waals surface area contributed by atoms with Crippen molar-refractivity contribution in [1.29, 1.82) is 0 Å². The molecule has 0 radical (unpaired) electrons. The van der Waals surface area contributed by atoms with E-state index in [1.165, 1.54) is 36.0 Å². The Kier molecular flexibility index (Phi) is 5.36. The lowest BCUT2D eigenvalue weighted by Crippen LogP contribution is -2.18. The van der Waals surface area contributed by atoms with Crippen LogP contribution < -0.4 is 5.32 Å². The molecule has 2 rings (SSSR count). The van der Waals surface area contributed by atoms with Gasteiger partial charge in [0.25, 0.3) is 0 Å². The first-order chi connectivity index (χ1) is 9.70. The Bertz CT molecular complexity index is 513. The molecule has 2 N–H and O–H groups in total. The van der Waals surface area contributed by atoms with Crippen LogP contribution in [-0.4, -0.2) is 10.2 Å². The van der Waals surface area contributed by atoms with Crippen LogP contribution in [0.3, 0.4) is 0 Å². The number of hydrogen-bond acceptors (Lipinski definition) is 2. The van der Waals surface area contributed by atoms with Crippen LogP contribution in [0.5, 0.6) is 0 Å².